The van der Waals surface area contributed by atoms with Gasteiger partial charge in [-0.05, 0) is 31.6 Å². The first-order valence-electron chi connectivity index (χ1n) is 6.26. The fraction of sp³-hybridized carbons (Fsp3) is 0.833. The molecule has 1 N–H and O–H groups in total. The lowest BCUT2D eigenvalue weighted by molar-refractivity contribution is -0.270. The van der Waals surface area contributed by atoms with Crippen LogP contribution in [0.1, 0.15) is 39.0 Å². The zero-order valence-corrected chi connectivity index (χ0v) is 10.9. The quantitative estimate of drug-likeness (QED) is 0.814. The predicted octanol–water partition coefficient (Wildman–Crippen LogP) is 3.16. The molecule has 1 fully saturated rings. The van der Waals surface area contributed by atoms with Crippen LogP contribution >= 0.6 is 0 Å². The molecule has 0 atom stereocenters. The fourth-order valence-corrected chi connectivity index (χ4v) is 2.27. The number of nitriles is 1. The van der Waals surface area contributed by atoms with E-state index in [1.54, 1.807) is 11.4 Å². The van der Waals surface area contributed by atoms with Crippen LogP contribution in [0.25, 0.3) is 0 Å². The van der Waals surface area contributed by atoms with Crippen molar-refractivity contribution in [3.05, 3.63) is 0 Å². The van der Waals surface area contributed by atoms with Gasteiger partial charge in [0.25, 0.3) is 0 Å². The maximum absolute atomic E-state index is 12.9. The van der Waals surface area contributed by atoms with Crippen molar-refractivity contribution in [2.75, 3.05) is 0 Å². The van der Waals surface area contributed by atoms with Crippen molar-refractivity contribution in [1.29, 1.82) is 5.26 Å². The highest BCUT2D eigenvalue weighted by atomic mass is 19.4. The number of hydrogen-bond acceptors (Lipinski definition) is 2. The Morgan fingerprint density at radius 1 is 1.30 bits per heavy atom. The molecule has 0 aromatic carbocycles. The van der Waals surface area contributed by atoms with Gasteiger partial charge in [-0.3, -0.25) is 4.79 Å². The number of carbonyl (C=O) groups is 1. The Morgan fingerprint density at radius 3 is 2.15 bits per heavy atom. The van der Waals surface area contributed by atoms with E-state index in [-0.39, 0.29) is 12.8 Å². The number of amides is 1. The summed E-state index contributed by atoms with van der Waals surface area (Å²) in [6, 6.07) is 1.68. The Morgan fingerprint density at radius 2 is 1.80 bits per heavy atom. The second kappa shape index (κ2) is 5.54. The lowest BCUT2D eigenvalue weighted by Crippen LogP contribution is -2.58. The predicted molar refractivity (Wildman–Crippen MR) is 59.7 cm³/mol. The molecule has 1 rings (SSSR count). The molecule has 8 heteroatoms. The zero-order chi connectivity index (χ0) is 15.6. The summed E-state index contributed by atoms with van der Waals surface area (Å²) in [5, 5.41) is 10.6. The van der Waals surface area contributed by atoms with Crippen molar-refractivity contribution in [2.24, 2.45) is 5.92 Å². The van der Waals surface area contributed by atoms with E-state index in [1.165, 1.54) is 0 Å². The van der Waals surface area contributed by atoms with E-state index in [9.17, 15) is 26.7 Å². The Balaban J connectivity index is 2.81. The van der Waals surface area contributed by atoms with Crippen LogP contribution in [-0.2, 0) is 4.79 Å². The van der Waals surface area contributed by atoms with Crippen LogP contribution in [0.2, 0.25) is 0 Å². The first kappa shape index (κ1) is 16.7. The van der Waals surface area contributed by atoms with Crippen molar-refractivity contribution in [3.63, 3.8) is 0 Å². The number of rotatable bonds is 3. The van der Waals surface area contributed by atoms with Crippen LogP contribution in [0.5, 0.6) is 0 Å². The van der Waals surface area contributed by atoms with Gasteiger partial charge in [-0.1, -0.05) is 13.3 Å². The molecule has 3 nitrogen and oxygen atoms in total. The lowest BCUT2D eigenvalue weighted by atomic mass is 9.76. The van der Waals surface area contributed by atoms with Gasteiger partial charge in [0.05, 0.1) is 6.07 Å². The fourth-order valence-electron chi connectivity index (χ4n) is 2.27. The molecule has 0 saturated heterocycles. The first-order valence-corrected chi connectivity index (χ1v) is 6.26. The second-order valence-corrected chi connectivity index (χ2v) is 5.07. The molecule has 0 aliphatic heterocycles. The van der Waals surface area contributed by atoms with Gasteiger partial charge in [-0.25, -0.2) is 0 Å². The van der Waals surface area contributed by atoms with Crippen molar-refractivity contribution in [3.8, 4) is 6.07 Å². The highest BCUT2D eigenvalue weighted by Gasteiger charge is 2.64. The monoisotopic (exact) mass is 298 g/mol. The summed E-state index contributed by atoms with van der Waals surface area (Å²) >= 11 is 0. The minimum atomic E-state index is -5.96. The summed E-state index contributed by atoms with van der Waals surface area (Å²) in [6.45, 7) is 1.93. The van der Waals surface area contributed by atoms with E-state index >= 15 is 0 Å². The van der Waals surface area contributed by atoms with Gasteiger partial charge in [-0.2, -0.15) is 27.2 Å². The van der Waals surface area contributed by atoms with E-state index in [2.05, 4.69) is 0 Å². The van der Waals surface area contributed by atoms with Crippen LogP contribution in [-0.4, -0.2) is 23.5 Å². The first-order chi connectivity index (χ1) is 9.08. The SMILES string of the molecule is CCC1CCC(C#N)(NC(=O)C(F)(F)C(F)(F)F)CC1. The summed E-state index contributed by atoms with van der Waals surface area (Å²) in [7, 11) is 0. The standard InChI is InChI=1S/C12H15F5N2O/c1-2-8-3-5-10(7-18,6-4-8)19-9(20)11(13,14)12(15,16)17/h8H,2-6H2,1H3,(H,19,20). The Hall–Kier alpha value is -1.39. The zero-order valence-electron chi connectivity index (χ0n) is 10.9. The molecule has 1 aliphatic carbocycles. The molecule has 0 bridgehead atoms. The molecule has 0 spiro atoms. The van der Waals surface area contributed by atoms with Crippen LogP contribution in [0.3, 0.4) is 0 Å². The molecule has 20 heavy (non-hydrogen) atoms. The summed E-state index contributed by atoms with van der Waals surface area (Å²) < 4.78 is 62.0. The minimum Gasteiger partial charge on any atom is -0.332 e. The van der Waals surface area contributed by atoms with Crippen molar-refractivity contribution < 1.29 is 26.7 Å². The molecular formula is C12H15F5N2O. The Labute approximate surface area is 113 Å². The Bertz CT molecular complexity index is 405. The number of nitrogens with one attached hydrogen (secondary N) is 1. The third kappa shape index (κ3) is 3.19. The molecule has 0 radical (unpaired) electrons. The average molecular weight is 298 g/mol. The molecule has 1 amide bonds. The van der Waals surface area contributed by atoms with Crippen molar-refractivity contribution >= 4 is 5.91 Å². The number of nitrogens with zero attached hydrogens (tertiary/aromatic N) is 1. The van der Waals surface area contributed by atoms with Gasteiger partial charge in [-0.15, -0.1) is 0 Å². The van der Waals surface area contributed by atoms with Gasteiger partial charge in [0.1, 0.15) is 5.54 Å². The molecule has 0 unspecified atom stereocenters. The van der Waals surface area contributed by atoms with E-state index in [1.807, 2.05) is 6.92 Å². The summed E-state index contributed by atoms with van der Waals surface area (Å²) in [5.41, 5.74) is -1.63. The van der Waals surface area contributed by atoms with E-state index in [0.29, 0.717) is 18.8 Å². The smallest absolute Gasteiger partial charge is 0.332 e. The van der Waals surface area contributed by atoms with Gasteiger partial charge < -0.3 is 5.32 Å². The van der Waals surface area contributed by atoms with Crippen LogP contribution < -0.4 is 5.32 Å². The second-order valence-electron chi connectivity index (χ2n) is 5.07. The lowest BCUT2D eigenvalue weighted by Gasteiger charge is -2.36. The third-order valence-corrected chi connectivity index (χ3v) is 3.74. The summed E-state index contributed by atoms with van der Waals surface area (Å²) in [5.74, 6) is -7.64. The normalized spacial score (nSPS) is 27.8. The molecule has 114 valence electrons. The Kier molecular flexibility index (Phi) is 4.62. The maximum atomic E-state index is 12.9. The average Bonchev–Trinajstić information content (AvgIpc) is 2.38. The van der Waals surface area contributed by atoms with Crippen molar-refractivity contribution in [1.82, 2.24) is 5.32 Å². The molecule has 0 heterocycles. The largest absolute Gasteiger partial charge is 0.463 e. The van der Waals surface area contributed by atoms with Gasteiger partial charge in [0.15, 0.2) is 0 Å². The van der Waals surface area contributed by atoms with E-state index < -0.39 is 23.5 Å². The van der Waals surface area contributed by atoms with E-state index in [4.69, 9.17) is 5.26 Å². The number of halogens is 5. The van der Waals surface area contributed by atoms with Gasteiger partial charge in [0, 0.05) is 0 Å². The number of carbonyl (C=O) groups excluding carboxylic acids is 1. The maximum Gasteiger partial charge on any atom is 0.463 e. The molecule has 1 saturated carbocycles. The summed E-state index contributed by atoms with van der Waals surface area (Å²) in [4.78, 5) is 11.2. The van der Waals surface area contributed by atoms with Crippen LogP contribution in [0.15, 0.2) is 0 Å². The number of hydrogen-bond donors (Lipinski definition) is 1. The number of alkyl halides is 5. The molecule has 0 aromatic rings. The van der Waals surface area contributed by atoms with Crippen LogP contribution in [0, 0.1) is 17.2 Å². The third-order valence-electron chi connectivity index (χ3n) is 3.74. The highest BCUT2D eigenvalue weighted by Crippen LogP contribution is 2.38. The minimum absolute atomic E-state index is 0.0850. The molecule has 1 aliphatic rings. The molecular weight excluding hydrogens is 283 g/mol. The van der Waals surface area contributed by atoms with Gasteiger partial charge >= 0.3 is 18.0 Å². The van der Waals surface area contributed by atoms with E-state index in [0.717, 1.165) is 6.42 Å². The van der Waals surface area contributed by atoms with Crippen LogP contribution in [0.4, 0.5) is 22.0 Å². The van der Waals surface area contributed by atoms with Gasteiger partial charge in [0.2, 0.25) is 0 Å². The summed E-state index contributed by atoms with van der Waals surface area (Å²) in [6.07, 6.45) is -3.92. The highest BCUT2D eigenvalue weighted by molar-refractivity contribution is 5.85. The molecule has 0 aromatic heterocycles. The van der Waals surface area contributed by atoms with Crippen molar-refractivity contribution in [2.45, 2.75) is 56.7 Å². The topological polar surface area (TPSA) is 52.9 Å².